The van der Waals surface area contributed by atoms with Crippen molar-refractivity contribution in [1.82, 2.24) is 19.7 Å². The van der Waals surface area contributed by atoms with Crippen LogP contribution in [0.2, 0.25) is 0 Å². The Morgan fingerprint density at radius 2 is 2.24 bits per heavy atom. The molecule has 1 N–H and O–H groups in total. The summed E-state index contributed by atoms with van der Waals surface area (Å²) in [7, 11) is 1.86. The van der Waals surface area contributed by atoms with Gasteiger partial charge in [-0.05, 0) is 35.9 Å². The molecule has 0 unspecified atom stereocenters. The van der Waals surface area contributed by atoms with E-state index in [0.717, 1.165) is 23.4 Å². The number of aryl methyl sites for hydroxylation is 3. The average molecular weight is 344 g/mol. The van der Waals surface area contributed by atoms with E-state index in [1.165, 1.54) is 0 Å². The number of aromatic nitrogens is 4. The summed E-state index contributed by atoms with van der Waals surface area (Å²) in [6, 6.07) is 0. The van der Waals surface area contributed by atoms with E-state index in [2.05, 4.69) is 15.1 Å². The fraction of sp³-hybridized carbons (Fsp3) is 0.364. The Kier molecular flexibility index (Phi) is 3.32. The van der Waals surface area contributed by atoms with Crippen LogP contribution in [0, 0.1) is 10.5 Å². The molecule has 0 aliphatic heterocycles. The van der Waals surface area contributed by atoms with Crippen LogP contribution in [0.3, 0.4) is 0 Å². The quantitative estimate of drug-likeness (QED) is 0.843. The van der Waals surface area contributed by atoms with Crippen molar-refractivity contribution in [2.75, 3.05) is 0 Å². The molecule has 0 aromatic carbocycles. The Labute approximate surface area is 112 Å². The summed E-state index contributed by atoms with van der Waals surface area (Å²) in [6.45, 7) is 3.87. The molecule has 2 aromatic rings. The standard InChI is InChI=1S/C11H13IN4O/c1-4-8-7(5-16(3)15-8)10-13-6(2)9(12)11(17)14-10/h5H,4H2,1-3H3,(H,13,14,17). The lowest BCUT2D eigenvalue weighted by atomic mass is 10.2. The monoisotopic (exact) mass is 344 g/mol. The lowest BCUT2D eigenvalue weighted by Crippen LogP contribution is -2.14. The molecule has 0 atom stereocenters. The highest BCUT2D eigenvalue weighted by atomic mass is 127. The van der Waals surface area contributed by atoms with Crippen molar-refractivity contribution in [2.45, 2.75) is 20.3 Å². The molecule has 0 saturated carbocycles. The van der Waals surface area contributed by atoms with Gasteiger partial charge in [-0.15, -0.1) is 0 Å². The minimum atomic E-state index is -0.0981. The third kappa shape index (κ3) is 2.26. The summed E-state index contributed by atoms with van der Waals surface area (Å²) in [5.74, 6) is 0.595. The van der Waals surface area contributed by atoms with E-state index in [1.807, 2.05) is 49.7 Å². The number of H-pyrrole nitrogens is 1. The minimum absolute atomic E-state index is 0.0981. The second-order valence-corrected chi connectivity index (χ2v) is 4.91. The maximum Gasteiger partial charge on any atom is 0.264 e. The van der Waals surface area contributed by atoms with E-state index in [4.69, 9.17) is 0 Å². The minimum Gasteiger partial charge on any atom is -0.305 e. The van der Waals surface area contributed by atoms with Crippen LogP contribution < -0.4 is 5.56 Å². The van der Waals surface area contributed by atoms with Crippen molar-refractivity contribution in [3.05, 3.63) is 31.5 Å². The summed E-state index contributed by atoms with van der Waals surface area (Å²) in [6.07, 6.45) is 2.69. The van der Waals surface area contributed by atoms with Crippen LogP contribution in [-0.2, 0) is 13.5 Å². The molecule has 0 fully saturated rings. The number of rotatable bonds is 2. The van der Waals surface area contributed by atoms with Gasteiger partial charge in [-0.3, -0.25) is 9.48 Å². The van der Waals surface area contributed by atoms with E-state index in [-0.39, 0.29) is 5.56 Å². The molecule has 0 spiro atoms. The molecular formula is C11H13IN4O. The van der Waals surface area contributed by atoms with Crippen LogP contribution in [0.4, 0.5) is 0 Å². The maximum absolute atomic E-state index is 11.7. The lowest BCUT2D eigenvalue weighted by molar-refractivity contribution is 0.746. The molecule has 0 amide bonds. The van der Waals surface area contributed by atoms with Crippen molar-refractivity contribution >= 4 is 22.6 Å². The van der Waals surface area contributed by atoms with Gasteiger partial charge < -0.3 is 4.98 Å². The molecule has 0 aliphatic rings. The molecule has 2 aromatic heterocycles. The van der Waals surface area contributed by atoms with Crippen molar-refractivity contribution < 1.29 is 0 Å². The van der Waals surface area contributed by atoms with Crippen LogP contribution in [0.5, 0.6) is 0 Å². The maximum atomic E-state index is 11.7. The third-order valence-corrected chi connectivity index (χ3v) is 3.79. The van der Waals surface area contributed by atoms with Crippen molar-refractivity contribution in [3.63, 3.8) is 0 Å². The van der Waals surface area contributed by atoms with Gasteiger partial charge in [-0.1, -0.05) is 6.92 Å². The van der Waals surface area contributed by atoms with Crippen LogP contribution in [0.1, 0.15) is 18.3 Å². The number of nitrogens with zero attached hydrogens (tertiary/aromatic N) is 3. The molecule has 0 radical (unpaired) electrons. The van der Waals surface area contributed by atoms with Crippen LogP contribution >= 0.6 is 22.6 Å². The molecule has 0 saturated heterocycles. The Balaban J connectivity index is 2.64. The fourth-order valence-corrected chi connectivity index (χ4v) is 1.95. The largest absolute Gasteiger partial charge is 0.305 e. The predicted octanol–water partition coefficient (Wildman–Crippen LogP) is 1.65. The molecule has 17 heavy (non-hydrogen) atoms. The fourth-order valence-electron chi connectivity index (χ4n) is 1.69. The van der Waals surface area contributed by atoms with Crippen LogP contribution in [0.15, 0.2) is 11.0 Å². The van der Waals surface area contributed by atoms with E-state index in [9.17, 15) is 4.79 Å². The van der Waals surface area contributed by atoms with Gasteiger partial charge in [-0.2, -0.15) is 5.10 Å². The number of halogens is 1. The normalized spacial score (nSPS) is 10.8. The summed E-state index contributed by atoms with van der Waals surface area (Å²) in [5.41, 5.74) is 2.48. The van der Waals surface area contributed by atoms with Crippen LogP contribution in [0.25, 0.3) is 11.4 Å². The van der Waals surface area contributed by atoms with E-state index in [0.29, 0.717) is 9.39 Å². The number of nitrogens with one attached hydrogen (secondary N) is 1. The summed E-state index contributed by atoms with van der Waals surface area (Å²) in [4.78, 5) is 18.9. The predicted molar refractivity (Wildman–Crippen MR) is 73.9 cm³/mol. The van der Waals surface area contributed by atoms with Gasteiger partial charge >= 0.3 is 0 Å². The zero-order chi connectivity index (χ0) is 12.6. The van der Waals surface area contributed by atoms with Gasteiger partial charge in [0.1, 0.15) is 5.82 Å². The molecule has 90 valence electrons. The van der Waals surface area contributed by atoms with E-state index < -0.39 is 0 Å². The topological polar surface area (TPSA) is 63.6 Å². The Bertz CT molecular complexity index is 614. The third-order valence-electron chi connectivity index (χ3n) is 2.52. The zero-order valence-electron chi connectivity index (χ0n) is 9.91. The first-order valence-corrected chi connectivity index (χ1v) is 6.40. The van der Waals surface area contributed by atoms with Crippen molar-refractivity contribution in [1.29, 1.82) is 0 Å². The first kappa shape index (κ1) is 12.3. The number of hydrogen-bond donors (Lipinski definition) is 1. The second-order valence-electron chi connectivity index (χ2n) is 3.83. The van der Waals surface area contributed by atoms with Crippen molar-refractivity contribution in [2.24, 2.45) is 7.05 Å². The Hall–Kier alpha value is -1.18. The molecule has 0 aliphatic carbocycles. The first-order chi connectivity index (χ1) is 8.02. The van der Waals surface area contributed by atoms with E-state index in [1.54, 1.807) is 4.68 Å². The van der Waals surface area contributed by atoms with Crippen molar-refractivity contribution in [3.8, 4) is 11.4 Å². The van der Waals surface area contributed by atoms with E-state index >= 15 is 0 Å². The molecular weight excluding hydrogens is 331 g/mol. The summed E-state index contributed by atoms with van der Waals surface area (Å²) < 4.78 is 2.37. The molecule has 0 bridgehead atoms. The van der Waals surface area contributed by atoms with Gasteiger partial charge in [0.2, 0.25) is 0 Å². The van der Waals surface area contributed by atoms with Gasteiger partial charge in [0.05, 0.1) is 20.5 Å². The Morgan fingerprint density at radius 1 is 1.53 bits per heavy atom. The molecule has 5 nitrogen and oxygen atoms in total. The molecule has 2 heterocycles. The summed E-state index contributed by atoms with van der Waals surface area (Å²) in [5, 5.41) is 4.34. The number of aromatic amines is 1. The highest BCUT2D eigenvalue weighted by Gasteiger charge is 2.12. The lowest BCUT2D eigenvalue weighted by Gasteiger charge is -2.02. The highest BCUT2D eigenvalue weighted by molar-refractivity contribution is 14.1. The second kappa shape index (κ2) is 4.59. The first-order valence-electron chi connectivity index (χ1n) is 5.32. The summed E-state index contributed by atoms with van der Waals surface area (Å²) >= 11 is 2.00. The zero-order valence-corrected chi connectivity index (χ0v) is 12.1. The molecule has 2 rings (SSSR count). The van der Waals surface area contributed by atoms with Gasteiger partial charge in [0.25, 0.3) is 5.56 Å². The SMILES string of the molecule is CCc1nn(C)cc1-c1nc(C)c(I)c(=O)[nH]1. The van der Waals surface area contributed by atoms with Crippen LogP contribution in [-0.4, -0.2) is 19.7 Å². The van der Waals surface area contributed by atoms with Gasteiger partial charge in [0.15, 0.2) is 0 Å². The smallest absolute Gasteiger partial charge is 0.264 e. The molecule has 6 heteroatoms. The Morgan fingerprint density at radius 3 is 2.82 bits per heavy atom. The average Bonchev–Trinajstić information content (AvgIpc) is 2.66. The highest BCUT2D eigenvalue weighted by Crippen LogP contribution is 2.19. The van der Waals surface area contributed by atoms with Gasteiger partial charge in [-0.25, -0.2) is 4.98 Å². The number of hydrogen-bond acceptors (Lipinski definition) is 3. The van der Waals surface area contributed by atoms with Gasteiger partial charge in [0, 0.05) is 13.2 Å².